The van der Waals surface area contributed by atoms with Gasteiger partial charge in [0.2, 0.25) is 0 Å². The average molecular weight is 216 g/mol. The molecular formula is C8H10BrNO. The molecule has 0 heterocycles. The van der Waals surface area contributed by atoms with Crippen molar-refractivity contribution >= 4 is 15.9 Å². The van der Waals surface area contributed by atoms with Crippen LogP contribution in [0.25, 0.3) is 0 Å². The van der Waals surface area contributed by atoms with E-state index in [4.69, 9.17) is 5.90 Å². The third-order valence-electron chi connectivity index (χ3n) is 1.58. The van der Waals surface area contributed by atoms with Gasteiger partial charge in [0.05, 0.1) is 0 Å². The summed E-state index contributed by atoms with van der Waals surface area (Å²) in [4.78, 5) is 4.66. The van der Waals surface area contributed by atoms with Crippen LogP contribution in [0.1, 0.15) is 11.1 Å². The molecule has 0 atom stereocenters. The van der Waals surface area contributed by atoms with E-state index in [9.17, 15) is 0 Å². The minimum absolute atomic E-state index is 0.728. The first-order valence-electron chi connectivity index (χ1n) is 3.28. The topological polar surface area (TPSA) is 35.2 Å². The zero-order valence-electron chi connectivity index (χ0n) is 6.52. The minimum Gasteiger partial charge on any atom is -0.411 e. The Kier molecular flexibility index (Phi) is 2.52. The Hall–Kier alpha value is -0.540. The third-order valence-corrected chi connectivity index (χ3v) is 2.44. The maximum atomic E-state index is 5.05. The van der Waals surface area contributed by atoms with Crippen molar-refractivity contribution < 1.29 is 4.84 Å². The molecule has 3 heteroatoms. The Morgan fingerprint density at radius 2 is 1.91 bits per heavy atom. The lowest BCUT2D eigenvalue weighted by Gasteiger charge is -2.05. The Morgan fingerprint density at radius 3 is 2.45 bits per heavy atom. The van der Waals surface area contributed by atoms with Crippen LogP contribution >= 0.6 is 15.9 Å². The Morgan fingerprint density at radius 1 is 1.27 bits per heavy atom. The fourth-order valence-corrected chi connectivity index (χ4v) is 1.34. The van der Waals surface area contributed by atoms with Crippen molar-refractivity contribution in [3.63, 3.8) is 0 Å². The van der Waals surface area contributed by atoms with E-state index in [0.717, 1.165) is 21.3 Å². The van der Waals surface area contributed by atoms with Gasteiger partial charge in [-0.25, -0.2) is 0 Å². The molecule has 0 saturated heterocycles. The molecule has 1 rings (SSSR count). The zero-order valence-corrected chi connectivity index (χ0v) is 8.10. The van der Waals surface area contributed by atoms with Crippen molar-refractivity contribution in [3.8, 4) is 5.75 Å². The zero-order chi connectivity index (χ0) is 8.43. The van der Waals surface area contributed by atoms with Crippen molar-refractivity contribution in [2.24, 2.45) is 5.90 Å². The maximum absolute atomic E-state index is 5.05. The molecule has 2 N–H and O–H groups in total. The van der Waals surface area contributed by atoms with Crippen LogP contribution in [0, 0.1) is 13.8 Å². The fourth-order valence-electron chi connectivity index (χ4n) is 0.881. The van der Waals surface area contributed by atoms with Crippen LogP contribution in [-0.4, -0.2) is 0 Å². The fraction of sp³-hybridized carbons (Fsp3) is 0.250. The van der Waals surface area contributed by atoms with E-state index in [2.05, 4.69) is 20.8 Å². The van der Waals surface area contributed by atoms with Crippen LogP contribution < -0.4 is 10.7 Å². The van der Waals surface area contributed by atoms with Crippen LogP contribution in [-0.2, 0) is 0 Å². The molecule has 0 spiro atoms. The second-order valence-corrected chi connectivity index (χ2v) is 3.34. The van der Waals surface area contributed by atoms with Gasteiger partial charge >= 0.3 is 0 Å². The lowest BCUT2D eigenvalue weighted by atomic mass is 10.1. The van der Waals surface area contributed by atoms with E-state index >= 15 is 0 Å². The third kappa shape index (κ3) is 1.73. The molecule has 0 radical (unpaired) electrons. The van der Waals surface area contributed by atoms with Gasteiger partial charge in [0.1, 0.15) is 5.75 Å². The molecule has 1 aromatic carbocycles. The van der Waals surface area contributed by atoms with E-state index in [1.165, 1.54) is 0 Å². The smallest absolute Gasteiger partial charge is 0.150 e. The summed E-state index contributed by atoms with van der Waals surface area (Å²) in [5.74, 6) is 5.78. The summed E-state index contributed by atoms with van der Waals surface area (Å²) >= 11 is 3.41. The number of benzene rings is 1. The Balaban J connectivity index is 3.21. The minimum atomic E-state index is 0.728. The quantitative estimate of drug-likeness (QED) is 0.731. The summed E-state index contributed by atoms with van der Waals surface area (Å²) in [5.41, 5.74) is 2.15. The van der Waals surface area contributed by atoms with Gasteiger partial charge in [-0.3, -0.25) is 0 Å². The molecule has 2 nitrogen and oxygen atoms in total. The molecule has 0 aliphatic heterocycles. The number of rotatable bonds is 1. The average Bonchev–Trinajstić information content (AvgIpc) is 1.97. The molecule has 1 aromatic rings. The predicted octanol–water partition coefficient (Wildman–Crippen LogP) is 2.32. The summed E-state index contributed by atoms with van der Waals surface area (Å²) in [6.07, 6.45) is 0. The Labute approximate surface area is 74.4 Å². The molecule has 0 unspecified atom stereocenters. The van der Waals surface area contributed by atoms with E-state index in [1.54, 1.807) is 0 Å². The van der Waals surface area contributed by atoms with Crippen LogP contribution in [0.5, 0.6) is 5.75 Å². The summed E-state index contributed by atoms with van der Waals surface area (Å²) in [7, 11) is 0. The van der Waals surface area contributed by atoms with Gasteiger partial charge in [0.15, 0.2) is 0 Å². The van der Waals surface area contributed by atoms with Gasteiger partial charge in [-0.15, -0.1) is 0 Å². The van der Waals surface area contributed by atoms with Gasteiger partial charge in [-0.2, -0.15) is 5.90 Å². The molecule has 60 valence electrons. The van der Waals surface area contributed by atoms with Crippen LogP contribution in [0.2, 0.25) is 0 Å². The SMILES string of the molecule is Cc1cc(ON)c(C)cc1Br. The van der Waals surface area contributed by atoms with Gasteiger partial charge < -0.3 is 4.84 Å². The van der Waals surface area contributed by atoms with Crippen molar-refractivity contribution in [2.75, 3.05) is 0 Å². The molecule has 0 aliphatic carbocycles. The molecule has 0 saturated carbocycles. The van der Waals surface area contributed by atoms with Crippen molar-refractivity contribution in [1.29, 1.82) is 0 Å². The summed E-state index contributed by atoms with van der Waals surface area (Å²) < 4.78 is 1.08. The van der Waals surface area contributed by atoms with Crippen LogP contribution in [0.3, 0.4) is 0 Å². The van der Waals surface area contributed by atoms with E-state index < -0.39 is 0 Å². The first-order valence-corrected chi connectivity index (χ1v) is 4.08. The molecule has 0 amide bonds. The molecular weight excluding hydrogens is 206 g/mol. The highest BCUT2D eigenvalue weighted by Gasteiger charge is 2.01. The lowest BCUT2D eigenvalue weighted by molar-refractivity contribution is 0.332. The molecule has 11 heavy (non-hydrogen) atoms. The van der Waals surface area contributed by atoms with Gasteiger partial charge in [-0.1, -0.05) is 15.9 Å². The number of halogens is 1. The highest BCUT2D eigenvalue weighted by molar-refractivity contribution is 9.10. The standard InChI is InChI=1S/C8H10BrNO/c1-5-4-8(11-10)6(2)3-7(5)9/h3-4H,10H2,1-2H3. The summed E-state index contributed by atoms with van der Waals surface area (Å²) in [6, 6.07) is 3.89. The van der Waals surface area contributed by atoms with Crippen molar-refractivity contribution in [1.82, 2.24) is 0 Å². The van der Waals surface area contributed by atoms with Crippen LogP contribution in [0.15, 0.2) is 16.6 Å². The Bertz CT molecular complexity index is 273. The number of hydrogen-bond donors (Lipinski definition) is 1. The second-order valence-electron chi connectivity index (χ2n) is 2.48. The molecule has 0 bridgehead atoms. The van der Waals surface area contributed by atoms with Gasteiger partial charge in [-0.05, 0) is 37.1 Å². The van der Waals surface area contributed by atoms with E-state index in [1.807, 2.05) is 26.0 Å². The summed E-state index contributed by atoms with van der Waals surface area (Å²) in [6.45, 7) is 3.94. The highest BCUT2D eigenvalue weighted by Crippen LogP contribution is 2.25. The normalized spacial score (nSPS) is 9.82. The maximum Gasteiger partial charge on any atom is 0.150 e. The summed E-state index contributed by atoms with van der Waals surface area (Å²) in [5, 5.41) is 0. The van der Waals surface area contributed by atoms with Gasteiger partial charge in [0.25, 0.3) is 0 Å². The predicted molar refractivity (Wildman–Crippen MR) is 48.4 cm³/mol. The van der Waals surface area contributed by atoms with Crippen molar-refractivity contribution in [2.45, 2.75) is 13.8 Å². The number of aryl methyl sites for hydroxylation is 2. The molecule has 0 aromatic heterocycles. The van der Waals surface area contributed by atoms with E-state index in [-0.39, 0.29) is 0 Å². The monoisotopic (exact) mass is 215 g/mol. The second kappa shape index (κ2) is 3.24. The largest absolute Gasteiger partial charge is 0.411 e. The lowest BCUT2D eigenvalue weighted by Crippen LogP contribution is -2.03. The first-order chi connectivity index (χ1) is 5.15. The molecule has 0 fully saturated rings. The first kappa shape index (κ1) is 8.56. The van der Waals surface area contributed by atoms with Gasteiger partial charge in [0, 0.05) is 4.47 Å². The number of nitrogens with two attached hydrogens (primary N) is 1. The molecule has 0 aliphatic rings. The number of hydrogen-bond acceptors (Lipinski definition) is 2. The highest BCUT2D eigenvalue weighted by atomic mass is 79.9. The van der Waals surface area contributed by atoms with Crippen LogP contribution in [0.4, 0.5) is 0 Å². The van der Waals surface area contributed by atoms with Crippen molar-refractivity contribution in [3.05, 3.63) is 27.7 Å². The van der Waals surface area contributed by atoms with E-state index in [0.29, 0.717) is 0 Å².